The summed E-state index contributed by atoms with van der Waals surface area (Å²) < 4.78 is 5.29. The number of para-hydroxylation sites is 1. The topological polar surface area (TPSA) is 68.1 Å². The zero-order valence-electron chi connectivity index (χ0n) is 10.3. The summed E-state index contributed by atoms with van der Waals surface area (Å²) in [7, 11) is 1.66. The molecule has 1 heterocycles. The van der Waals surface area contributed by atoms with Crippen LogP contribution in [0.15, 0.2) is 41.2 Å². The molecule has 1 aromatic carbocycles. The van der Waals surface area contributed by atoms with Crippen molar-refractivity contribution >= 4 is 5.82 Å². The molecular formula is C14H16N2O2. The lowest BCUT2D eigenvalue weighted by Crippen LogP contribution is -2.09. The second-order valence-corrected chi connectivity index (χ2v) is 4.12. The summed E-state index contributed by atoms with van der Waals surface area (Å²) >= 11 is 0. The van der Waals surface area contributed by atoms with E-state index in [-0.39, 0.29) is 5.56 Å². The smallest absolute Gasteiger partial charge is 0.249 e. The Bertz CT molecular complexity index is 590. The third-order valence-electron chi connectivity index (χ3n) is 2.80. The van der Waals surface area contributed by atoms with Crippen molar-refractivity contribution in [1.82, 2.24) is 4.98 Å². The Morgan fingerprint density at radius 3 is 2.72 bits per heavy atom. The number of methoxy groups -OCH3 is 1. The van der Waals surface area contributed by atoms with Crippen LogP contribution in [0, 0.1) is 0 Å². The highest BCUT2D eigenvalue weighted by Crippen LogP contribution is 2.19. The fraction of sp³-hybridized carbons (Fsp3) is 0.214. The molecule has 18 heavy (non-hydrogen) atoms. The van der Waals surface area contributed by atoms with E-state index in [0.717, 1.165) is 29.7 Å². The number of anilines is 1. The predicted molar refractivity (Wildman–Crippen MR) is 71.9 cm³/mol. The Labute approximate surface area is 105 Å². The van der Waals surface area contributed by atoms with Crippen molar-refractivity contribution in [3.63, 3.8) is 0 Å². The number of H-pyrrole nitrogens is 1. The molecule has 0 aliphatic heterocycles. The Morgan fingerprint density at radius 1 is 1.22 bits per heavy atom. The Kier molecular flexibility index (Phi) is 3.67. The number of ether oxygens (including phenoxy) is 1. The number of nitrogen functional groups attached to an aromatic ring is 1. The quantitative estimate of drug-likeness (QED) is 0.861. The predicted octanol–water partition coefficient (Wildman–Crippen LogP) is 1.75. The molecule has 0 saturated carbocycles. The highest BCUT2D eigenvalue weighted by Gasteiger charge is 2.03. The number of nitrogens with two attached hydrogens (primary N) is 1. The van der Waals surface area contributed by atoms with E-state index in [0.29, 0.717) is 5.82 Å². The molecule has 0 fully saturated rings. The summed E-state index contributed by atoms with van der Waals surface area (Å²) in [5, 5.41) is 0. The summed E-state index contributed by atoms with van der Waals surface area (Å²) in [6, 6.07) is 11.2. The SMILES string of the molecule is COc1ccccc1CCc1cc(N)[nH]c(=O)c1. The van der Waals surface area contributed by atoms with Crippen molar-refractivity contribution in [1.29, 1.82) is 0 Å². The van der Waals surface area contributed by atoms with Gasteiger partial charge in [0.2, 0.25) is 5.56 Å². The molecule has 0 aliphatic carbocycles. The van der Waals surface area contributed by atoms with Gasteiger partial charge in [-0.3, -0.25) is 4.79 Å². The minimum absolute atomic E-state index is 0.162. The van der Waals surface area contributed by atoms with Crippen LogP contribution in [-0.2, 0) is 12.8 Å². The lowest BCUT2D eigenvalue weighted by atomic mass is 10.0. The minimum atomic E-state index is -0.162. The molecule has 0 radical (unpaired) electrons. The lowest BCUT2D eigenvalue weighted by molar-refractivity contribution is 0.409. The van der Waals surface area contributed by atoms with Gasteiger partial charge in [-0.2, -0.15) is 0 Å². The summed E-state index contributed by atoms with van der Waals surface area (Å²) in [6.45, 7) is 0. The molecule has 1 aromatic heterocycles. The van der Waals surface area contributed by atoms with Crippen molar-refractivity contribution in [2.75, 3.05) is 12.8 Å². The largest absolute Gasteiger partial charge is 0.496 e. The van der Waals surface area contributed by atoms with Gasteiger partial charge in [0.15, 0.2) is 0 Å². The molecular weight excluding hydrogens is 228 g/mol. The van der Waals surface area contributed by atoms with Crippen molar-refractivity contribution in [3.8, 4) is 5.75 Å². The molecule has 0 spiro atoms. The van der Waals surface area contributed by atoms with Crippen LogP contribution >= 0.6 is 0 Å². The van der Waals surface area contributed by atoms with Crippen molar-refractivity contribution < 1.29 is 4.74 Å². The molecule has 0 unspecified atom stereocenters. The zero-order valence-corrected chi connectivity index (χ0v) is 10.3. The molecule has 0 bridgehead atoms. The number of benzene rings is 1. The number of aromatic amines is 1. The highest BCUT2D eigenvalue weighted by atomic mass is 16.5. The standard InChI is InChI=1S/C14H16N2O2/c1-18-12-5-3-2-4-11(12)7-6-10-8-13(15)16-14(17)9-10/h2-5,8-9H,6-7H2,1H3,(H3,15,16,17). The van der Waals surface area contributed by atoms with E-state index in [1.807, 2.05) is 24.3 Å². The summed E-state index contributed by atoms with van der Waals surface area (Å²) in [4.78, 5) is 13.8. The van der Waals surface area contributed by atoms with Crippen molar-refractivity contribution in [2.24, 2.45) is 0 Å². The lowest BCUT2D eigenvalue weighted by Gasteiger charge is -2.08. The number of aromatic nitrogens is 1. The van der Waals surface area contributed by atoms with Gasteiger partial charge in [0, 0.05) is 6.07 Å². The normalized spacial score (nSPS) is 10.3. The molecule has 0 saturated heterocycles. The molecule has 3 N–H and O–H groups in total. The van der Waals surface area contributed by atoms with Gasteiger partial charge in [0.25, 0.3) is 0 Å². The van der Waals surface area contributed by atoms with Gasteiger partial charge in [-0.1, -0.05) is 18.2 Å². The third kappa shape index (κ3) is 2.91. The van der Waals surface area contributed by atoms with Gasteiger partial charge in [-0.15, -0.1) is 0 Å². The fourth-order valence-electron chi connectivity index (χ4n) is 1.96. The van der Waals surface area contributed by atoms with Crippen LogP contribution in [0.3, 0.4) is 0 Å². The first kappa shape index (κ1) is 12.2. The molecule has 4 heteroatoms. The van der Waals surface area contributed by atoms with Crippen LogP contribution in [0.5, 0.6) is 5.75 Å². The second kappa shape index (κ2) is 5.40. The van der Waals surface area contributed by atoms with Crippen molar-refractivity contribution in [2.45, 2.75) is 12.8 Å². The van der Waals surface area contributed by atoms with Gasteiger partial charge < -0.3 is 15.5 Å². The first-order valence-electron chi connectivity index (χ1n) is 5.79. The van der Waals surface area contributed by atoms with E-state index in [2.05, 4.69) is 4.98 Å². The van der Waals surface area contributed by atoms with Crippen molar-refractivity contribution in [3.05, 3.63) is 57.9 Å². The third-order valence-corrected chi connectivity index (χ3v) is 2.80. The first-order valence-corrected chi connectivity index (χ1v) is 5.79. The van der Waals surface area contributed by atoms with E-state index in [4.69, 9.17) is 10.5 Å². The number of pyridine rings is 1. The van der Waals surface area contributed by atoms with Crippen LogP contribution < -0.4 is 16.0 Å². The van der Waals surface area contributed by atoms with E-state index >= 15 is 0 Å². The van der Waals surface area contributed by atoms with Crippen LogP contribution in [0.25, 0.3) is 0 Å². The molecule has 2 rings (SSSR count). The second-order valence-electron chi connectivity index (χ2n) is 4.12. The molecule has 0 aliphatic rings. The molecule has 4 nitrogen and oxygen atoms in total. The number of aryl methyl sites for hydroxylation is 2. The molecule has 2 aromatic rings. The van der Waals surface area contributed by atoms with Gasteiger partial charge in [-0.25, -0.2) is 0 Å². The number of nitrogens with one attached hydrogen (secondary N) is 1. The molecule has 0 amide bonds. The van der Waals surface area contributed by atoms with Gasteiger partial charge in [0.05, 0.1) is 7.11 Å². The molecule has 0 atom stereocenters. The average Bonchev–Trinajstić information content (AvgIpc) is 2.35. The summed E-state index contributed by atoms with van der Waals surface area (Å²) in [5.41, 5.74) is 7.50. The minimum Gasteiger partial charge on any atom is -0.496 e. The van der Waals surface area contributed by atoms with E-state index < -0.39 is 0 Å². The Morgan fingerprint density at radius 2 is 2.00 bits per heavy atom. The van der Waals surface area contributed by atoms with Crippen LogP contribution in [0.1, 0.15) is 11.1 Å². The van der Waals surface area contributed by atoms with E-state index in [1.54, 1.807) is 19.2 Å². The molecule has 94 valence electrons. The maximum absolute atomic E-state index is 11.3. The maximum atomic E-state index is 11.3. The van der Waals surface area contributed by atoms with Crippen LogP contribution in [0.4, 0.5) is 5.82 Å². The summed E-state index contributed by atoms with van der Waals surface area (Å²) in [6.07, 6.45) is 1.57. The van der Waals surface area contributed by atoms with Gasteiger partial charge in [0.1, 0.15) is 11.6 Å². The Balaban J connectivity index is 2.13. The highest BCUT2D eigenvalue weighted by molar-refractivity contribution is 5.36. The summed E-state index contributed by atoms with van der Waals surface area (Å²) in [5.74, 6) is 1.27. The van der Waals surface area contributed by atoms with E-state index in [1.165, 1.54) is 0 Å². The van der Waals surface area contributed by atoms with Gasteiger partial charge >= 0.3 is 0 Å². The first-order chi connectivity index (χ1) is 8.69. The fourth-order valence-corrected chi connectivity index (χ4v) is 1.96. The number of hydrogen-bond acceptors (Lipinski definition) is 3. The van der Waals surface area contributed by atoms with Gasteiger partial charge in [-0.05, 0) is 36.1 Å². The number of rotatable bonds is 4. The monoisotopic (exact) mass is 244 g/mol. The van der Waals surface area contributed by atoms with Crippen LogP contribution in [0.2, 0.25) is 0 Å². The van der Waals surface area contributed by atoms with E-state index in [9.17, 15) is 4.79 Å². The average molecular weight is 244 g/mol. The zero-order chi connectivity index (χ0) is 13.0. The van der Waals surface area contributed by atoms with Crippen LogP contribution in [-0.4, -0.2) is 12.1 Å². The number of hydrogen-bond donors (Lipinski definition) is 2. The Hall–Kier alpha value is -2.23. The maximum Gasteiger partial charge on any atom is 0.249 e.